The number of aromatic nitrogens is 2. The van der Waals surface area contributed by atoms with Gasteiger partial charge in [0.2, 0.25) is 0 Å². The highest BCUT2D eigenvalue weighted by Crippen LogP contribution is 2.56. The molecule has 1 aromatic heterocycles. The Morgan fingerprint density at radius 1 is 1.25 bits per heavy atom. The maximum absolute atomic E-state index is 12.8. The van der Waals surface area contributed by atoms with Crippen LogP contribution < -0.4 is 4.90 Å². The largest absolute Gasteiger partial charge is 0.378 e. The minimum Gasteiger partial charge on any atom is -0.378 e. The smallest absolute Gasteiger partial charge is 0.274 e. The number of carbonyl (C=O) groups excluding carboxylic acids is 1. The Morgan fingerprint density at radius 2 is 1.96 bits per heavy atom. The maximum atomic E-state index is 12.8. The lowest BCUT2D eigenvalue weighted by molar-refractivity contribution is -0.152. The summed E-state index contributed by atoms with van der Waals surface area (Å²) in [5, 5.41) is 8.24. The fourth-order valence-corrected chi connectivity index (χ4v) is 4.39. The summed E-state index contributed by atoms with van der Waals surface area (Å²) in [6.07, 6.45) is 6.02. The first-order valence-electron chi connectivity index (χ1n) is 8.89. The maximum Gasteiger partial charge on any atom is 0.274 e. The van der Waals surface area contributed by atoms with Crippen LogP contribution in [0.2, 0.25) is 0 Å². The van der Waals surface area contributed by atoms with Crippen molar-refractivity contribution in [2.75, 3.05) is 32.6 Å². The summed E-state index contributed by atoms with van der Waals surface area (Å²) in [6, 6.07) is 3.85. The van der Waals surface area contributed by atoms with Crippen molar-refractivity contribution in [1.82, 2.24) is 15.1 Å². The topological polar surface area (TPSA) is 58.6 Å². The predicted molar refractivity (Wildman–Crippen MR) is 93.2 cm³/mol. The molecule has 2 atom stereocenters. The molecule has 0 unspecified atom stereocenters. The van der Waals surface area contributed by atoms with Crippen molar-refractivity contribution in [3.05, 3.63) is 17.8 Å². The third-order valence-electron chi connectivity index (χ3n) is 5.76. The summed E-state index contributed by atoms with van der Waals surface area (Å²) in [6.45, 7) is 2.79. The van der Waals surface area contributed by atoms with Crippen LogP contribution in [0.15, 0.2) is 12.1 Å². The standard InChI is InChI=1S/C18H28N4O2/c1-5-24-15-12-14(18(15)10-6-7-11-18)22(4)17(23)13-8-9-16(20-19-13)21(2)3/h8-9,14-15H,5-7,10-12H2,1-4H3/t14-,15+/m1/s1. The zero-order valence-electron chi connectivity index (χ0n) is 15.2. The minimum atomic E-state index is -0.0426. The highest BCUT2D eigenvalue weighted by molar-refractivity contribution is 5.92. The van der Waals surface area contributed by atoms with Gasteiger partial charge in [-0.2, -0.15) is 0 Å². The van der Waals surface area contributed by atoms with E-state index in [2.05, 4.69) is 10.2 Å². The van der Waals surface area contributed by atoms with Gasteiger partial charge in [-0.1, -0.05) is 12.8 Å². The van der Waals surface area contributed by atoms with Crippen LogP contribution in [0.4, 0.5) is 5.82 Å². The van der Waals surface area contributed by atoms with Crippen molar-refractivity contribution in [2.45, 2.75) is 51.2 Å². The van der Waals surface area contributed by atoms with Gasteiger partial charge in [0.1, 0.15) is 0 Å². The average molecular weight is 332 g/mol. The second-order valence-electron chi connectivity index (χ2n) is 7.22. The molecule has 1 amide bonds. The zero-order valence-corrected chi connectivity index (χ0v) is 15.2. The molecule has 3 rings (SSSR count). The molecule has 24 heavy (non-hydrogen) atoms. The zero-order chi connectivity index (χ0) is 17.3. The first-order chi connectivity index (χ1) is 11.5. The van der Waals surface area contributed by atoms with Crippen LogP contribution in [-0.2, 0) is 4.74 Å². The number of nitrogens with zero attached hydrogens (tertiary/aromatic N) is 4. The summed E-state index contributed by atoms with van der Waals surface area (Å²) in [7, 11) is 5.71. The second kappa shape index (κ2) is 6.67. The van der Waals surface area contributed by atoms with Crippen LogP contribution in [0, 0.1) is 5.41 Å². The Kier molecular flexibility index (Phi) is 4.76. The number of carbonyl (C=O) groups is 1. The highest BCUT2D eigenvalue weighted by atomic mass is 16.5. The quantitative estimate of drug-likeness (QED) is 0.828. The average Bonchev–Trinajstić information content (AvgIpc) is 3.10. The van der Waals surface area contributed by atoms with E-state index in [4.69, 9.17) is 4.74 Å². The first kappa shape index (κ1) is 17.1. The van der Waals surface area contributed by atoms with Crippen LogP contribution in [0.25, 0.3) is 0 Å². The molecular formula is C18H28N4O2. The van der Waals surface area contributed by atoms with Crippen molar-refractivity contribution >= 4 is 11.7 Å². The van der Waals surface area contributed by atoms with Crippen molar-refractivity contribution < 1.29 is 9.53 Å². The van der Waals surface area contributed by atoms with Crippen LogP contribution in [-0.4, -0.2) is 60.9 Å². The van der Waals surface area contributed by atoms with Gasteiger partial charge in [0.15, 0.2) is 11.5 Å². The van der Waals surface area contributed by atoms with Gasteiger partial charge in [-0.25, -0.2) is 0 Å². The highest BCUT2D eigenvalue weighted by Gasteiger charge is 2.58. The third kappa shape index (κ3) is 2.77. The number of hydrogen-bond donors (Lipinski definition) is 0. The Balaban J connectivity index is 1.73. The molecule has 2 fully saturated rings. The third-order valence-corrected chi connectivity index (χ3v) is 5.76. The summed E-state index contributed by atoms with van der Waals surface area (Å²) in [5.74, 6) is 0.709. The van der Waals surface area contributed by atoms with Gasteiger partial charge >= 0.3 is 0 Å². The minimum absolute atomic E-state index is 0.0426. The van der Waals surface area contributed by atoms with E-state index in [1.165, 1.54) is 12.8 Å². The van der Waals surface area contributed by atoms with Gasteiger partial charge in [-0.15, -0.1) is 10.2 Å². The fraction of sp³-hybridized carbons (Fsp3) is 0.722. The number of ether oxygens (including phenoxy) is 1. The van der Waals surface area contributed by atoms with Gasteiger partial charge < -0.3 is 14.5 Å². The van der Waals surface area contributed by atoms with E-state index in [0.717, 1.165) is 31.7 Å². The van der Waals surface area contributed by atoms with Crippen molar-refractivity contribution in [1.29, 1.82) is 0 Å². The van der Waals surface area contributed by atoms with Gasteiger partial charge in [-0.3, -0.25) is 4.79 Å². The molecule has 1 heterocycles. The van der Waals surface area contributed by atoms with E-state index in [9.17, 15) is 4.79 Å². The van der Waals surface area contributed by atoms with E-state index in [-0.39, 0.29) is 17.4 Å². The van der Waals surface area contributed by atoms with Crippen LogP contribution >= 0.6 is 0 Å². The summed E-state index contributed by atoms with van der Waals surface area (Å²) in [5.41, 5.74) is 0.563. The van der Waals surface area contributed by atoms with Crippen LogP contribution in [0.1, 0.15) is 49.5 Å². The molecule has 0 radical (unpaired) electrons. The lowest BCUT2D eigenvalue weighted by Crippen LogP contribution is -2.64. The number of anilines is 1. The first-order valence-corrected chi connectivity index (χ1v) is 8.89. The molecule has 0 bridgehead atoms. The van der Waals surface area contributed by atoms with Gasteiger partial charge in [-0.05, 0) is 38.3 Å². The van der Waals surface area contributed by atoms with Crippen LogP contribution in [0.5, 0.6) is 0 Å². The molecule has 6 heteroatoms. The molecule has 1 aromatic rings. The van der Waals surface area contributed by atoms with Gasteiger partial charge in [0.25, 0.3) is 5.91 Å². The number of amides is 1. The van der Waals surface area contributed by atoms with Gasteiger partial charge in [0, 0.05) is 39.2 Å². The Hall–Kier alpha value is -1.69. The lowest BCUT2D eigenvalue weighted by atomic mass is 9.60. The Labute approximate surface area is 144 Å². The number of hydrogen-bond acceptors (Lipinski definition) is 5. The monoisotopic (exact) mass is 332 g/mol. The molecule has 0 aliphatic heterocycles. The molecule has 0 aromatic carbocycles. The van der Waals surface area contributed by atoms with Crippen molar-refractivity contribution in [2.24, 2.45) is 5.41 Å². The Bertz CT molecular complexity index is 581. The van der Waals surface area contributed by atoms with E-state index in [1.807, 2.05) is 43.9 Å². The lowest BCUT2D eigenvalue weighted by Gasteiger charge is -2.56. The predicted octanol–water partition coefficient (Wildman–Crippen LogP) is 2.35. The summed E-state index contributed by atoms with van der Waals surface area (Å²) >= 11 is 0. The van der Waals surface area contributed by atoms with E-state index in [1.54, 1.807) is 6.07 Å². The molecule has 6 nitrogen and oxygen atoms in total. The molecular weight excluding hydrogens is 304 g/mol. The molecule has 2 aliphatic rings. The normalized spacial score (nSPS) is 24.7. The Morgan fingerprint density at radius 3 is 2.50 bits per heavy atom. The number of rotatable bonds is 5. The van der Waals surface area contributed by atoms with E-state index in [0.29, 0.717) is 11.8 Å². The summed E-state index contributed by atoms with van der Waals surface area (Å²) < 4.78 is 5.95. The fourth-order valence-electron chi connectivity index (χ4n) is 4.39. The summed E-state index contributed by atoms with van der Waals surface area (Å²) in [4.78, 5) is 16.6. The van der Waals surface area contributed by atoms with Gasteiger partial charge in [0.05, 0.1) is 6.10 Å². The molecule has 2 aliphatic carbocycles. The van der Waals surface area contributed by atoms with Crippen LogP contribution in [0.3, 0.4) is 0 Å². The van der Waals surface area contributed by atoms with Crippen molar-refractivity contribution in [3.8, 4) is 0 Å². The SMILES string of the molecule is CCO[C@H]1C[C@@H](N(C)C(=O)c2ccc(N(C)C)nn2)C12CCCC2. The molecule has 0 N–H and O–H groups in total. The molecule has 132 valence electrons. The second-order valence-corrected chi connectivity index (χ2v) is 7.22. The van der Waals surface area contributed by atoms with E-state index < -0.39 is 0 Å². The molecule has 0 saturated heterocycles. The molecule has 1 spiro atoms. The van der Waals surface area contributed by atoms with E-state index >= 15 is 0 Å². The van der Waals surface area contributed by atoms with Crippen molar-refractivity contribution in [3.63, 3.8) is 0 Å². The molecule has 2 saturated carbocycles.